The second-order valence-corrected chi connectivity index (χ2v) is 6.25. The van der Waals surface area contributed by atoms with E-state index >= 15 is 0 Å². The fourth-order valence-corrected chi connectivity index (χ4v) is 2.71. The number of ether oxygens (including phenoxy) is 1. The summed E-state index contributed by atoms with van der Waals surface area (Å²) in [6.07, 6.45) is 1.79. The van der Waals surface area contributed by atoms with E-state index in [0.29, 0.717) is 0 Å². The Bertz CT molecular complexity index is 592. The summed E-state index contributed by atoms with van der Waals surface area (Å²) in [6.45, 7) is 0.460. The van der Waals surface area contributed by atoms with Crippen molar-refractivity contribution < 1.29 is 22.3 Å². The average Bonchev–Trinajstić information content (AvgIpc) is 2.40. The first-order valence-electron chi connectivity index (χ1n) is 5.78. The van der Waals surface area contributed by atoms with Crippen LogP contribution in [0.3, 0.4) is 0 Å². The lowest BCUT2D eigenvalue weighted by molar-refractivity contribution is -0.140. The van der Waals surface area contributed by atoms with Crippen LogP contribution in [0.15, 0.2) is 12.4 Å². The Balaban J connectivity index is 2.00. The number of rotatable bonds is 3. The molecule has 0 radical (unpaired) electrons. The van der Waals surface area contributed by atoms with Crippen molar-refractivity contribution >= 4 is 16.0 Å². The molecule has 20 heavy (non-hydrogen) atoms. The number of carbonyl (C=O) groups excluding carboxylic acids is 1. The van der Waals surface area contributed by atoms with Crippen LogP contribution in [-0.2, 0) is 14.8 Å². The van der Waals surface area contributed by atoms with Crippen LogP contribution in [0, 0.1) is 11.7 Å². The predicted molar refractivity (Wildman–Crippen MR) is 65.5 cm³/mol. The van der Waals surface area contributed by atoms with Crippen molar-refractivity contribution in [2.75, 3.05) is 13.1 Å². The standard InChI is InChI=1S/C10H13FN4O4S/c11-7-3-14-10(15-4-7)19-9(16)6-1-8(5-13-2-6)20(12,17)18/h3-4,6,8,13H,1-2,5H2,(H2,12,17,18). The minimum atomic E-state index is -3.72. The van der Waals surface area contributed by atoms with Gasteiger partial charge in [0, 0.05) is 13.1 Å². The van der Waals surface area contributed by atoms with Gasteiger partial charge < -0.3 is 10.1 Å². The molecule has 0 spiro atoms. The van der Waals surface area contributed by atoms with Crippen molar-refractivity contribution in [2.24, 2.45) is 11.1 Å². The molecule has 2 heterocycles. The number of piperidine rings is 1. The van der Waals surface area contributed by atoms with Crippen LogP contribution in [0.25, 0.3) is 0 Å². The quantitative estimate of drug-likeness (QED) is 0.671. The molecule has 0 saturated carbocycles. The van der Waals surface area contributed by atoms with Gasteiger partial charge in [-0.25, -0.2) is 27.9 Å². The van der Waals surface area contributed by atoms with Crippen LogP contribution < -0.4 is 15.2 Å². The van der Waals surface area contributed by atoms with Crippen LogP contribution in [0.5, 0.6) is 6.01 Å². The zero-order valence-electron chi connectivity index (χ0n) is 10.3. The summed E-state index contributed by atoms with van der Waals surface area (Å²) >= 11 is 0. The number of nitrogens with one attached hydrogen (secondary N) is 1. The minimum Gasteiger partial charge on any atom is -0.391 e. The summed E-state index contributed by atoms with van der Waals surface area (Å²) < 4.78 is 40.0. The molecule has 2 atom stereocenters. The van der Waals surface area contributed by atoms with Crippen LogP contribution in [0.4, 0.5) is 4.39 Å². The van der Waals surface area contributed by atoms with Gasteiger partial charge in [0.2, 0.25) is 10.0 Å². The Hall–Kier alpha value is -1.65. The maximum Gasteiger partial charge on any atom is 0.324 e. The fourth-order valence-electron chi connectivity index (χ4n) is 1.86. The SMILES string of the molecule is NS(=O)(=O)C1CNCC(C(=O)Oc2ncc(F)cn2)C1. The first kappa shape index (κ1) is 14.8. The van der Waals surface area contributed by atoms with Gasteiger partial charge in [-0.2, -0.15) is 0 Å². The first-order chi connectivity index (χ1) is 9.36. The van der Waals surface area contributed by atoms with E-state index in [1.165, 1.54) is 0 Å². The number of sulfonamides is 1. The Morgan fingerprint density at radius 2 is 2.05 bits per heavy atom. The van der Waals surface area contributed by atoms with Crippen molar-refractivity contribution in [2.45, 2.75) is 11.7 Å². The molecule has 3 N–H and O–H groups in total. The summed E-state index contributed by atoms with van der Waals surface area (Å²) in [5.74, 6) is -2.02. The topological polar surface area (TPSA) is 124 Å². The predicted octanol–water partition coefficient (Wildman–Crippen LogP) is -1.21. The molecule has 0 bridgehead atoms. The van der Waals surface area contributed by atoms with Crippen molar-refractivity contribution in [3.63, 3.8) is 0 Å². The summed E-state index contributed by atoms with van der Waals surface area (Å²) in [5, 5.41) is 7.02. The Morgan fingerprint density at radius 3 is 2.65 bits per heavy atom. The molecule has 0 aromatic carbocycles. The third-order valence-electron chi connectivity index (χ3n) is 2.90. The van der Waals surface area contributed by atoms with Gasteiger partial charge in [0.15, 0.2) is 5.82 Å². The summed E-state index contributed by atoms with van der Waals surface area (Å²) in [4.78, 5) is 18.8. The van der Waals surface area contributed by atoms with Crippen molar-refractivity contribution in [1.82, 2.24) is 15.3 Å². The van der Waals surface area contributed by atoms with Gasteiger partial charge in [0.05, 0.1) is 23.6 Å². The largest absolute Gasteiger partial charge is 0.391 e. The number of esters is 1. The molecular formula is C10H13FN4O4S. The third kappa shape index (κ3) is 3.68. The molecule has 1 aromatic rings. The first-order valence-corrected chi connectivity index (χ1v) is 7.39. The molecular weight excluding hydrogens is 291 g/mol. The highest BCUT2D eigenvalue weighted by Crippen LogP contribution is 2.17. The molecule has 0 aliphatic carbocycles. The van der Waals surface area contributed by atoms with Crippen LogP contribution in [0.1, 0.15) is 6.42 Å². The second kappa shape index (κ2) is 5.77. The zero-order chi connectivity index (χ0) is 14.8. The van der Waals surface area contributed by atoms with Gasteiger partial charge in [-0.3, -0.25) is 4.79 Å². The summed E-state index contributed by atoms with van der Waals surface area (Å²) in [5.41, 5.74) is 0. The molecule has 1 aliphatic rings. The van der Waals surface area contributed by atoms with Gasteiger partial charge in [-0.05, 0) is 6.42 Å². The normalized spacial score (nSPS) is 23.3. The van der Waals surface area contributed by atoms with E-state index in [1.54, 1.807) is 0 Å². The van der Waals surface area contributed by atoms with E-state index in [-0.39, 0.29) is 25.5 Å². The Labute approximate surface area is 114 Å². The van der Waals surface area contributed by atoms with Gasteiger partial charge >= 0.3 is 12.0 Å². The van der Waals surface area contributed by atoms with Gasteiger partial charge in [0.1, 0.15) is 0 Å². The van der Waals surface area contributed by atoms with E-state index in [1.807, 2.05) is 0 Å². The van der Waals surface area contributed by atoms with Gasteiger partial charge in [-0.15, -0.1) is 0 Å². The smallest absolute Gasteiger partial charge is 0.324 e. The Morgan fingerprint density at radius 1 is 1.40 bits per heavy atom. The summed E-state index contributed by atoms with van der Waals surface area (Å²) in [7, 11) is -3.72. The highest BCUT2D eigenvalue weighted by molar-refractivity contribution is 7.89. The highest BCUT2D eigenvalue weighted by atomic mass is 32.2. The highest BCUT2D eigenvalue weighted by Gasteiger charge is 2.34. The number of primary sulfonamides is 1. The van der Waals surface area contributed by atoms with E-state index in [0.717, 1.165) is 12.4 Å². The van der Waals surface area contributed by atoms with E-state index in [9.17, 15) is 17.6 Å². The number of nitrogens with two attached hydrogens (primary N) is 1. The Kier molecular flexibility index (Phi) is 4.26. The molecule has 2 rings (SSSR count). The third-order valence-corrected chi connectivity index (χ3v) is 4.18. The number of carbonyl (C=O) groups is 1. The molecule has 2 unspecified atom stereocenters. The second-order valence-electron chi connectivity index (χ2n) is 4.41. The number of nitrogens with zero attached hydrogens (tertiary/aromatic N) is 2. The van der Waals surface area contributed by atoms with Crippen molar-refractivity contribution in [3.05, 3.63) is 18.2 Å². The van der Waals surface area contributed by atoms with Crippen LogP contribution in [-0.4, -0.2) is 42.7 Å². The monoisotopic (exact) mass is 304 g/mol. The van der Waals surface area contributed by atoms with Crippen molar-refractivity contribution in [1.29, 1.82) is 0 Å². The average molecular weight is 304 g/mol. The maximum absolute atomic E-state index is 12.6. The minimum absolute atomic E-state index is 0.0614. The molecule has 1 aromatic heterocycles. The lowest BCUT2D eigenvalue weighted by Gasteiger charge is -2.26. The number of hydrogen-bond donors (Lipinski definition) is 2. The van der Waals surface area contributed by atoms with Gasteiger partial charge in [0.25, 0.3) is 0 Å². The van der Waals surface area contributed by atoms with Crippen LogP contribution >= 0.6 is 0 Å². The number of halogens is 1. The molecule has 1 saturated heterocycles. The summed E-state index contributed by atoms with van der Waals surface area (Å²) in [6, 6.07) is -0.283. The zero-order valence-corrected chi connectivity index (χ0v) is 11.1. The molecule has 10 heteroatoms. The van der Waals surface area contributed by atoms with Crippen molar-refractivity contribution in [3.8, 4) is 6.01 Å². The number of hydrogen-bond acceptors (Lipinski definition) is 7. The van der Waals surface area contributed by atoms with Gasteiger partial charge in [-0.1, -0.05) is 0 Å². The maximum atomic E-state index is 12.6. The fraction of sp³-hybridized carbons (Fsp3) is 0.500. The molecule has 1 aliphatic heterocycles. The lowest BCUT2D eigenvalue weighted by atomic mass is 10.00. The molecule has 8 nitrogen and oxygen atoms in total. The molecule has 0 amide bonds. The molecule has 1 fully saturated rings. The molecule has 110 valence electrons. The lowest BCUT2D eigenvalue weighted by Crippen LogP contribution is -2.48. The van der Waals surface area contributed by atoms with E-state index in [4.69, 9.17) is 9.88 Å². The van der Waals surface area contributed by atoms with E-state index in [2.05, 4.69) is 15.3 Å². The number of aromatic nitrogens is 2. The van der Waals surface area contributed by atoms with Crippen LogP contribution in [0.2, 0.25) is 0 Å². The van der Waals surface area contributed by atoms with E-state index < -0.39 is 33.0 Å².